The van der Waals surface area contributed by atoms with Gasteiger partial charge in [0.2, 0.25) is 5.88 Å². The fourth-order valence-corrected chi connectivity index (χ4v) is 5.45. The van der Waals surface area contributed by atoms with Crippen LogP contribution in [0, 0.1) is 0 Å². The first-order valence-corrected chi connectivity index (χ1v) is 12.4. The first-order chi connectivity index (χ1) is 16.4. The molecule has 1 aliphatic heterocycles. The molecule has 1 unspecified atom stereocenters. The lowest BCUT2D eigenvalue weighted by Gasteiger charge is -2.24. The maximum atomic E-state index is 12.9. The number of nitrogens with zero attached hydrogens (tertiary/aromatic N) is 2. The van der Waals surface area contributed by atoms with E-state index in [0.29, 0.717) is 33.5 Å². The summed E-state index contributed by atoms with van der Waals surface area (Å²) in [5.74, 6) is 0.772. The molecule has 2 heterocycles. The molecule has 0 fully saturated rings. The summed E-state index contributed by atoms with van der Waals surface area (Å²) >= 11 is 6.07. The van der Waals surface area contributed by atoms with Gasteiger partial charge in [-0.2, -0.15) is 18.2 Å². The Morgan fingerprint density at radius 1 is 0.971 bits per heavy atom. The highest BCUT2D eigenvalue weighted by atomic mass is 35.5. The Kier molecular flexibility index (Phi) is 5.71. The van der Waals surface area contributed by atoms with Crippen molar-refractivity contribution in [2.75, 3.05) is 20.0 Å². The molecule has 5 rings (SSSR count). The fourth-order valence-electron chi connectivity index (χ4n) is 4.09. The Morgan fingerprint density at radius 2 is 1.68 bits per heavy atom. The quantitative estimate of drug-likeness (QED) is 0.359. The zero-order valence-corrected chi connectivity index (χ0v) is 20.0. The lowest BCUT2D eigenvalue weighted by atomic mass is 9.90. The van der Waals surface area contributed by atoms with Crippen LogP contribution in [0.1, 0.15) is 17.0 Å². The number of ether oxygens (including phenoxy) is 2. The van der Waals surface area contributed by atoms with E-state index in [1.807, 2.05) is 48.5 Å². The van der Waals surface area contributed by atoms with E-state index in [1.54, 1.807) is 38.5 Å². The second kappa shape index (κ2) is 8.70. The number of hydrogen-bond donors (Lipinski definition) is 0. The molecule has 0 N–H and O–H groups in total. The van der Waals surface area contributed by atoms with Crippen molar-refractivity contribution >= 4 is 21.7 Å². The summed E-state index contributed by atoms with van der Waals surface area (Å²) in [6.07, 6.45) is 0. The van der Waals surface area contributed by atoms with Gasteiger partial charge in [-0.1, -0.05) is 23.7 Å². The lowest BCUT2D eigenvalue weighted by Crippen LogP contribution is -2.27. The van der Waals surface area contributed by atoms with Gasteiger partial charge >= 0.3 is 10.1 Å². The third kappa shape index (κ3) is 4.10. The van der Waals surface area contributed by atoms with E-state index in [2.05, 4.69) is 0 Å². The normalized spacial score (nSPS) is 16.4. The van der Waals surface area contributed by atoms with Gasteiger partial charge in [0, 0.05) is 16.5 Å². The van der Waals surface area contributed by atoms with Crippen LogP contribution in [-0.2, 0) is 10.1 Å². The molecule has 0 saturated heterocycles. The van der Waals surface area contributed by atoms with Gasteiger partial charge in [0.15, 0.2) is 0 Å². The molecular weight excluding hydrogens is 476 g/mol. The van der Waals surface area contributed by atoms with Crippen LogP contribution in [0.4, 0.5) is 0 Å². The van der Waals surface area contributed by atoms with Crippen molar-refractivity contribution in [3.8, 4) is 34.3 Å². The van der Waals surface area contributed by atoms with Gasteiger partial charge in [-0.15, -0.1) is 0 Å². The van der Waals surface area contributed by atoms with Crippen molar-refractivity contribution in [3.05, 3.63) is 88.9 Å². The predicted octanol–water partition coefficient (Wildman–Crippen LogP) is 5.06. The van der Waals surface area contributed by atoms with Crippen molar-refractivity contribution in [2.45, 2.75) is 5.92 Å². The highest BCUT2D eigenvalue weighted by Gasteiger charge is 2.39. The van der Waals surface area contributed by atoms with Gasteiger partial charge in [-0.3, -0.25) is 0 Å². The van der Waals surface area contributed by atoms with Crippen LogP contribution < -0.4 is 13.7 Å². The highest BCUT2D eigenvalue weighted by molar-refractivity contribution is 7.87. The molecule has 7 nitrogen and oxygen atoms in total. The Morgan fingerprint density at radius 3 is 2.35 bits per heavy atom. The molecule has 0 bridgehead atoms. The molecule has 0 aliphatic carbocycles. The standard InChI is InChI=1S/C25H21ClN2O5S/c1-31-20-12-6-16(7-13-20)24-23-22(17-4-3-5-21(14-17)32-2)15-34(29,30)33-25(23)28(27-24)19-10-8-18(26)9-11-19/h3-14,22H,15H2,1-2H3. The van der Waals surface area contributed by atoms with E-state index in [1.165, 1.54) is 4.68 Å². The van der Waals surface area contributed by atoms with Crippen molar-refractivity contribution in [3.63, 3.8) is 0 Å². The van der Waals surface area contributed by atoms with Crippen molar-refractivity contribution in [1.82, 2.24) is 9.78 Å². The first-order valence-electron chi connectivity index (χ1n) is 10.5. The molecule has 1 aliphatic rings. The third-order valence-corrected chi connectivity index (χ3v) is 7.14. The van der Waals surface area contributed by atoms with Crippen LogP contribution in [0.5, 0.6) is 17.4 Å². The lowest BCUT2D eigenvalue weighted by molar-refractivity contribution is 0.413. The Hall–Kier alpha value is -3.49. The molecule has 1 aromatic heterocycles. The summed E-state index contributed by atoms with van der Waals surface area (Å²) in [5, 5.41) is 5.37. The molecule has 174 valence electrons. The molecule has 4 aromatic rings. The summed E-state index contributed by atoms with van der Waals surface area (Å²) < 4.78 is 43.5. The summed E-state index contributed by atoms with van der Waals surface area (Å²) in [6.45, 7) is 0. The average Bonchev–Trinajstić information content (AvgIpc) is 3.22. The van der Waals surface area contributed by atoms with Gasteiger partial charge in [0.05, 0.1) is 31.2 Å². The topological polar surface area (TPSA) is 79.7 Å². The number of rotatable bonds is 5. The van der Waals surface area contributed by atoms with Crippen LogP contribution >= 0.6 is 11.6 Å². The van der Waals surface area contributed by atoms with Gasteiger partial charge in [-0.05, 0) is 66.2 Å². The number of halogens is 1. The van der Waals surface area contributed by atoms with Gasteiger partial charge in [-0.25, -0.2) is 0 Å². The number of benzene rings is 3. The maximum absolute atomic E-state index is 12.9. The molecule has 0 spiro atoms. The highest BCUT2D eigenvalue weighted by Crippen LogP contribution is 2.45. The van der Waals surface area contributed by atoms with E-state index < -0.39 is 16.0 Å². The first kappa shape index (κ1) is 22.3. The summed E-state index contributed by atoms with van der Waals surface area (Å²) in [6, 6.07) is 21.8. The van der Waals surface area contributed by atoms with E-state index in [0.717, 1.165) is 11.1 Å². The minimum absolute atomic E-state index is 0.159. The van der Waals surface area contributed by atoms with E-state index in [4.69, 9.17) is 30.4 Å². The predicted molar refractivity (Wildman–Crippen MR) is 130 cm³/mol. The minimum atomic E-state index is -3.88. The van der Waals surface area contributed by atoms with E-state index in [9.17, 15) is 8.42 Å². The molecule has 1 atom stereocenters. The molecule has 9 heteroatoms. The van der Waals surface area contributed by atoms with Crippen LogP contribution in [0.3, 0.4) is 0 Å². The third-order valence-electron chi connectivity index (χ3n) is 5.73. The van der Waals surface area contributed by atoms with Crippen LogP contribution in [-0.4, -0.2) is 38.2 Å². The smallest absolute Gasteiger partial charge is 0.311 e. The molecule has 3 aromatic carbocycles. The van der Waals surface area contributed by atoms with Crippen LogP contribution in [0.25, 0.3) is 16.9 Å². The maximum Gasteiger partial charge on any atom is 0.311 e. The number of fused-ring (bicyclic) bond motifs is 1. The Balaban J connectivity index is 1.77. The summed E-state index contributed by atoms with van der Waals surface area (Å²) in [4.78, 5) is 0. The van der Waals surface area contributed by atoms with Gasteiger partial charge < -0.3 is 13.7 Å². The molecular formula is C25H21ClN2O5S. The average molecular weight is 497 g/mol. The Labute approximate surface area is 202 Å². The number of aromatic nitrogens is 2. The second-order valence-corrected chi connectivity index (χ2v) is 9.87. The fraction of sp³-hybridized carbons (Fsp3) is 0.160. The molecule has 0 radical (unpaired) electrons. The number of hydrogen-bond acceptors (Lipinski definition) is 6. The summed E-state index contributed by atoms with van der Waals surface area (Å²) in [5.41, 5.74) is 3.53. The molecule has 34 heavy (non-hydrogen) atoms. The van der Waals surface area contributed by atoms with E-state index in [-0.39, 0.29) is 11.6 Å². The molecule has 0 amide bonds. The second-order valence-electron chi connectivity index (χ2n) is 7.82. The van der Waals surface area contributed by atoms with Gasteiger partial charge in [0.25, 0.3) is 0 Å². The van der Waals surface area contributed by atoms with Crippen molar-refractivity contribution in [1.29, 1.82) is 0 Å². The largest absolute Gasteiger partial charge is 0.497 e. The van der Waals surface area contributed by atoms with Crippen molar-refractivity contribution < 1.29 is 22.1 Å². The van der Waals surface area contributed by atoms with Crippen LogP contribution in [0.2, 0.25) is 5.02 Å². The summed E-state index contributed by atoms with van der Waals surface area (Å²) in [7, 11) is -0.702. The number of methoxy groups -OCH3 is 2. The van der Waals surface area contributed by atoms with Crippen molar-refractivity contribution in [2.24, 2.45) is 0 Å². The van der Waals surface area contributed by atoms with Gasteiger partial charge in [0.1, 0.15) is 17.2 Å². The Bertz CT molecular complexity index is 1450. The monoisotopic (exact) mass is 496 g/mol. The SMILES string of the molecule is COc1ccc(-c2nn(-c3ccc(Cl)cc3)c3c2C(c2cccc(OC)c2)CS(=O)(=O)O3)cc1. The van der Waals surface area contributed by atoms with Crippen LogP contribution in [0.15, 0.2) is 72.8 Å². The van der Waals surface area contributed by atoms with E-state index >= 15 is 0 Å². The minimum Gasteiger partial charge on any atom is -0.497 e. The molecule has 0 saturated carbocycles. The zero-order valence-electron chi connectivity index (χ0n) is 18.4. The zero-order chi connectivity index (χ0) is 23.9.